The molecule has 9 heteroatoms. The zero-order valence-corrected chi connectivity index (χ0v) is 21.8. The van der Waals surface area contributed by atoms with Crippen molar-refractivity contribution in [3.05, 3.63) is 92.1 Å². The summed E-state index contributed by atoms with van der Waals surface area (Å²) in [5.41, 5.74) is 3.13. The largest absolute Gasteiger partial charge is 0.470 e. The molecule has 0 unspecified atom stereocenters. The van der Waals surface area contributed by atoms with Crippen molar-refractivity contribution in [3.63, 3.8) is 0 Å². The van der Waals surface area contributed by atoms with Crippen molar-refractivity contribution in [3.8, 4) is 22.8 Å². The summed E-state index contributed by atoms with van der Waals surface area (Å²) in [6, 6.07) is 13.1. The molecular weight excluding hydrogens is 510 g/mol. The summed E-state index contributed by atoms with van der Waals surface area (Å²) in [4.78, 5) is 31.1. The highest BCUT2D eigenvalue weighted by Gasteiger charge is 2.21. The predicted octanol–water partition coefficient (Wildman–Crippen LogP) is 4.58. The SMILES string of the molecule is Cc1cccc(COc2nc(C)n(-c3cccc(-c4nc(C(C)(C)O)ncc4C)c3)c(=O)c2Br)n1. The lowest BCUT2D eigenvalue weighted by Gasteiger charge is -2.18. The Morgan fingerprint density at radius 3 is 2.51 bits per heavy atom. The van der Waals surface area contributed by atoms with Gasteiger partial charge in [0.05, 0.1) is 17.1 Å². The van der Waals surface area contributed by atoms with E-state index in [2.05, 4.69) is 35.9 Å². The number of aromatic nitrogens is 5. The molecule has 35 heavy (non-hydrogen) atoms. The van der Waals surface area contributed by atoms with Crippen molar-refractivity contribution < 1.29 is 9.84 Å². The van der Waals surface area contributed by atoms with Gasteiger partial charge in [-0.15, -0.1) is 0 Å². The van der Waals surface area contributed by atoms with Crippen LogP contribution in [-0.2, 0) is 12.2 Å². The van der Waals surface area contributed by atoms with Crippen molar-refractivity contribution in [2.45, 2.75) is 46.8 Å². The average molecular weight is 536 g/mol. The fourth-order valence-electron chi connectivity index (χ4n) is 3.63. The number of rotatable bonds is 6. The Hall–Kier alpha value is -3.43. The van der Waals surface area contributed by atoms with E-state index < -0.39 is 5.60 Å². The van der Waals surface area contributed by atoms with E-state index in [-0.39, 0.29) is 22.5 Å². The normalized spacial score (nSPS) is 11.5. The third-order valence-electron chi connectivity index (χ3n) is 5.37. The first kappa shape index (κ1) is 24.7. The molecule has 0 aliphatic rings. The van der Waals surface area contributed by atoms with Gasteiger partial charge in [-0.2, -0.15) is 4.98 Å². The van der Waals surface area contributed by atoms with Crippen LogP contribution in [0, 0.1) is 20.8 Å². The van der Waals surface area contributed by atoms with Gasteiger partial charge in [0.2, 0.25) is 5.88 Å². The van der Waals surface area contributed by atoms with Crippen molar-refractivity contribution in [2.75, 3.05) is 0 Å². The van der Waals surface area contributed by atoms with Crippen LogP contribution in [0.25, 0.3) is 16.9 Å². The molecule has 0 amide bonds. The Morgan fingerprint density at radius 2 is 1.80 bits per heavy atom. The number of aliphatic hydroxyl groups is 1. The molecule has 0 saturated carbocycles. The second-order valence-electron chi connectivity index (χ2n) is 8.81. The molecule has 0 fully saturated rings. The fourth-order valence-corrected chi connectivity index (χ4v) is 4.01. The number of pyridine rings is 1. The minimum Gasteiger partial charge on any atom is -0.470 e. The lowest BCUT2D eigenvalue weighted by molar-refractivity contribution is 0.0688. The topological polar surface area (TPSA) is 103 Å². The fraction of sp³-hybridized carbons (Fsp3) is 0.269. The van der Waals surface area contributed by atoms with Crippen LogP contribution >= 0.6 is 15.9 Å². The highest BCUT2D eigenvalue weighted by atomic mass is 79.9. The first-order valence-corrected chi connectivity index (χ1v) is 11.9. The van der Waals surface area contributed by atoms with E-state index in [1.807, 2.05) is 56.3 Å². The molecule has 0 spiro atoms. The van der Waals surface area contributed by atoms with E-state index in [9.17, 15) is 9.90 Å². The first-order chi connectivity index (χ1) is 16.5. The van der Waals surface area contributed by atoms with E-state index in [0.29, 0.717) is 23.0 Å². The molecule has 0 atom stereocenters. The van der Waals surface area contributed by atoms with Crippen molar-refractivity contribution in [1.29, 1.82) is 0 Å². The van der Waals surface area contributed by atoms with Crippen molar-refractivity contribution in [2.24, 2.45) is 0 Å². The number of halogens is 1. The molecule has 0 aliphatic heterocycles. The van der Waals surface area contributed by atoms with E-state index >= 15 is 0 Å². The Morgan fingerprint density at radius 1 is 1.06 bits per heavy atom. The summed E-state index contributed by atoms with van der Waals surface area (Å²) in [6.45, 7) is 9.04. The molecule has 3 aromatic heterocycles. The van der Waals surface area contributed by atoms with Crippen LogP contribution in [0.3, 0.4) is 0 Å². The average Bonchev–Trinajstić information content (AvgIpc) is 2.80. The summed E-state index contributed by atoms with van der Waals surface area (Å²) in [6.07, 6.45) is 1.69. The van der Waals surface area contributed by atoms with Crippen molar-refractivity contribution >= 4 is 15.9 Å². The summed E-state index contributed by atoms with van der Waals surface area (Å²) < 4.78 is 7.55. The Kier molecular flexibility index (Phi) is 6.82. The van der Waals surface area contributed by atoms with E-state index in [4.69, 9.17) is 4.74 Å². The number of benzene rings is 1. The van der Waals surface area contributed by atoms with E-state index in [1.54, 1.807) is 27.0 Å². The first-order valence-electron chi connectivity index (χ1n) is 11.1. The predicted molar refractivity (Wildman–Crippen MR) is 137 cm³/mol. The van der Waals surface area contributed by atoms with Gasteiger partial charge >= 0.3 is 0 Å². The van der Waals surface area contributed by atoms with Crippen LogP contribution < -0.4 is 10.3 Å². The van der Waals surface area contributed by atoms with E-state index in [0.717, 1.165) is 22.5 Å². The van der Waals surface area contributed by atoms with Crippen LogP contribution in [0.1, 0.15) is 42.4 Å². The summed E-state index contributed by atoms with van der Waals surface area (Å²) in [5.74, 6) is 1.01. The molecule has 4 rings (SSSR count). The molecule has 1 aromatic carbocycles. The van der Waals surface area contributed by atoms with E-state index in [1.165, 1.54) is 4.57 Å². The number of ether oxygens (including phenoxy) is 1. The summed E-state index contributed by atoms with van der Waals surface area (Å²) in [5, 5.41) is 10.3. The van der Waals surface area contributed by atoms with Crippen LogP contribution in [0.15, 0.2) is 57.9 Å². The van der Waals surface area contributed by atoms with Gasteiger partial charge in [0.15, 0.2) is 5.82 Å². The molecule has 180 valence electrons. The smallest absolute Gasteiger partial charge is 0.276 e. The van der Waals surface area contributed by atoms with Crippen molar-refractivity contribution in [1.82, 2.24) is 24.5 Å². The minimum atomic E-state index is -1.17. The van der Waals surface area contributed by atoms with Gasteiger partial charge in [0.1, 0.15) is 22.5 Å². The zero-order valence-electron chi connectivity index (χ0n) is 20.2. The molecule has 1 N–H and O–H groups in total. The van der Waals surface area contributed by atoms with Gasteiger partial charge in [-0.25, -0.2) is 9.97 Å². The van der Waals surface area contributed by atoms with Gasteiger partial charge in [0, 0.05) is 17.5 Å². The molecule has 0 radical (unpaired) electrons. The number of aryl methyl sites for hydroxylation is 3. The van der Waals surface area contributed by atoms with Crippen LogP contribution in [0.2, 0.25) is 0 Å². The maximum Gasteiger partial charge on any atom is 0.276 e. The molecule has 0 bridgehead atoms. The maximum atomic E-state index is 13.3. The molecule has 8 nitrogen and oxygen atoms in total. The molecule has 4 aromatic rings. The van der Waals surface area contributed by atoms with Crippen LogP contribution in [0.4, 0.5) is 0 Å². The Balaban J connectivity index is 1.71. The molecule has 0 aliphatic carbocycles. The highest BCUT2D eigenvalue weighted by Crippen LogP contribution is 2.27. The summed E-state index contributed by atoms with van der Waals surface area (Å²) in [7, 11) is 0. The van der Waals surface area contributed by atoms with Gasteiger partial charge in [-0.05, 0) is 80.4 Å². The van der Waals surface area contributed by atoms with Gasteiger partial charge in [-0.1, -0.05) is 18.2 Å². The van der Waals surface area contributed by atoms with Gasteiger partial charge < -0.3 is 9.84 Å². The standard InChI is InChI=1S/C26H26BrN5O3/c1-15-13-28-25(26(4,5)34)31-22(15)18-9-7-11-20(12-18)32-17(3)30-23(21(27)24(32)33)35-14-19-10-6-8-16(2)29-19/h6-13,34H,14H2,1-5H3. The second kappa shape index (κ2) is 9.67. The Labute approximate surface area is 211 Å². The minimum absolute atomic E-state index is 0.197. The zero-order chi connectivity index (χ0) is 25.3. The molecular formula is C26H26BrN5O3. The van der Waals surface area contributed by atoms with Gasteiger partial charge in [-0.3, -0.25) is 14.3 Å². The number of nitrogens with zero attached hydrogens (tertiary/aromatic N) is 5. The lowest BCUT2D eigenvalue weighted by Crippen LogP contribution is -2.24. The van der Waals surface area contributed by atoms with Crippen LogP contribution in [0.5, 0.6) is 5.88 Å². The van der Waals surface area contributed by atoms with Gasteiger partial charge in [0.25, 0.3) is 5.56 Å². The quantitative estimate of drug-likeness (QED) is 0.385. The lowest BCUT2D eigenvalue weighted by atomic mass is 10.0. The second-order valence-corrected chi connectivity index (χ2v) is 9.61. The number of hydrogen-bond donors (Lipinski definition) is 1. The molecule has 3 heterocycles. The molecule has 0 saturated heterocycles. The van der Waals surface area contributed by atoms with Crippen LogP contribution in [-0.4, -0.2) is 29.6 Å². The third-order valence-corrected chi connectivity index (χ3v) is 6.04. The highest BCUT2D eigenvalue weighted by molar-refractivity contribution is 9.10. The monoisotopic (exact) mass is 535 g/mol. The number of hydrogen-bond acceptors (Lipinski definition) is 7. The maximum absolute atomic E-state index is 13.3. The summed E-state index contributed by atoms with van der Waals surface area (Å²) >= 11 is 3.37. The third kappa shape index (κ3) is 5.31. The Bertz CT molecular complexity index is 1460.